The second-order valence-electron chi connectivity index (χ2n) is 4.35. The zero-order valence-corrected chi connectivity index (χ0v) is 10.3. The monoisotopic (exact) mass is 261 g/mol. The number of hydrogen-bond acceptors (Lipinski definition) is 5. The maximum Gasteiger partial charge on any atom is 0.274 e. The largest absolute Gasteiger partial charge is 0.446 e. The number of aliphatic hydroxyl groups is 1. The van der Waals surface area contributed by atoms with E-state index in [1.165, 1.54) is 12.1 Å². The van der Waals surface area contributed by atoms with E-state index in [1.54, 1.807) is 6.92 Å². The van der Waals surface area contributed by atoms with Gasteiger partial charge in [-0.25, -0.2) is 13.1 Å². The molecule has 1 fully saturated rings. The SMILES string of the molecule is CC1(NS(=O)(=O)c2ccc(CO)o2)CCOC1. The molecule has 0 spiro atoms. The first kappa shape index (κ1) is 12.6. The molecular weight excluding hydrogens is 246 g/mol. The molecule has 0 radical (unpaired) electrons. The molecule has 7 heteroatoms. The van der Waals surface area contributed by atoms with Gasteiger partial charge in [0.2, 0.25) is 5.09 Å². The molecule has 6 nitrogen and oxygen atoms in total. The quantitative estimate of drug-likeness (QED) is 0.810. The molecule has 1 aliphatic heterocycles. The fourth-order valence-electron chi connectivity index (χ4n) is 1.71. The Labute approximate surface area is 99.6 Å². The summed E-state index contributed by atoms with van der Waals surface area (Å²) in [7, 11) is -3.70. The first-order valence-electron chi connectivity index (χ1n) is 5.26. The summed E-state index contributed by atoms with van der Waals surface area (Å²) in [5, 5.41) is 8.64. The first-order valence-corrected chi connectivity index (χ1v) is 6.75. The van der Waals surface area contributed by atoms with E-state index in [0.717, 1.165) is 0 Å². The average Bonchev–Trinajstić information content (AvgIpc) is 2.85. The van der Waals surface area contributed by atoms with Crippen LogP contribution in [0.4, 0.5) is 0 Å². The van der Waals surface area contributed by atoms with Crippen LogP contribution in [0.1, 0.15) is 19.1 Å². The van der Waals surface area contributed by atoms with Gasteiger partial charge in [0.25, 0.3) is 10.0 Å². The van der Waals surface area contributed by atoms with E-state index in [2.05, 4.69) is 4.72 Å². The van der Waals surface area contributed by atoms with Crippen molar-refractivity contribution in [2.45, 2.75) is 30.6 Å². The van der Waals surface area contributed by atoms with E-state index < -0.39 is 15.6 Å². The zero-order chi connectivity index (χ0) is 12.5. The van der Waals surface area contributed by atoms with Crippen molar-refractivity contribution < 1.29 is 22.7 Å². The third-order valence-corrected chi connectivity index (χ3v) is 4.17. The van der Waals surface area contributed by atoms with Crippen molar-refractivity contribution in [2.24, 2.45) is 0 Å². The number of ether oxygens (including phenoxy) is 1. The maximum absolute atomic E-state index is 12.0. The van der Waals surface area contributed by atoms with Crippen LogP contribution in [0, 0.1) is 0 Å². The first-order chi connectivity index (χ1) is 7.95. The fourth-order valence-corrected chi connectivity index (χ4v) is 3.08. The molecule has 0 amide bonds. The van der Waals surface area contributed by atoms with Gasteiger partial charge in [-0.1, -0.05) is 0 Å². The van der Waals surface area contributed by atoms with E-state index in [4.69, 9.17) is 14.3 Å². The number of nitrogens with one attached hydrogen (secondary N) is 1. The van der Waals surface area contributed by atoms with Gasteiger partial charge in [-0.15, -0.1) is 0 Å². The molecule has 2 N–H and O–H groups in total. The fraction of sp³-hybridized carbons (Fsp3) is 0.600. The molecule has 1 saturated heterocycles. The lowest BCUT2D eigenvalue weighted by molar-refractivity contribution is 0.178. The van der Waals surface area contributed by atoms with Gasteiger partial charge in [0, 0.05) is 6.61 Å². The molecule has 1 atom stereocenters. The van der Waals surface area contributed by atoms with E-state index in [0.29, 0.717) is 19.6 Å². The molecule has 0 aromatic carbocycles. The molecule has 2 heterocycles. The van der Waals surface area contributed by atoms with Crippen LogP contribution in [0.25, 0.3) is 0 Å². The van der Waals surface area contributed by atoms with Crippen LogP contribution >= 0.6 is 0 Å². The average molecular weight is 261 g/mol. The van der Waals surface area contributed by atoms with Gasteiger partial charge in [0.15, 0.2) is 0 Å². The number of hydrogen-bond donors (Lipinski definition) is 2. The van der Waals surface area contributed by atoms with Gasteiger partial charge in [-0.3, -0.25) is 0 Å². The molecule has 1 aliphatic rings. The lowest BCUT2D eigenvalue weighted by Crippen LogP contribution is -2.46. The standard InChI is InChI=1S/C10H15NO5S/c1-10(4-5-15-7-10)11-17(13,14)9-3-2-8(6-12)16-9/h2-3,11-12H,4-7H2,1H3. The summed E-state index contributed by atoms with van der Waals surface area (Å²) in [6.07, 6.45) is 0.625. The Bertz CT molecular complexity index is 487. The van der Waals surface area contributed by atoms with Crippen LogP contribution in [0.3, 0.4) is 0 Å². The molecule has 1 aromatic heterocycles. The lowest BCUT2D eigenvalue weighted by atomic mass is 10.0. The maximum atomic E-state index is 12.0. The topological polar surface area (TPSA) is 88.8 Å². The van der Waals surface area contributed by atoms with Crippen LogP contribution in [0.2, 0.25) is 0 Å². The van der Waals surface area contributed by atoms with Gasteiger partial charge in [-0.05, 0) is 25.5 Å². The third kappa shape index (κ3) is 2.68. The highest BCUT2D eigenvalue weighted by Gasteiger charge is 2.35. The number of aliphatic hydroxyl groups excluding tert-OH is 1. The Kier molecular flexibility index (Phi) is 3.26. The normalized spacial score (nSPS) is 25.3. The van der Waals surface area contributed by atoms with Crippen LogP contribution in [0.15, 0.2) is 21.6 Å². The Morgan fingerprint density at radius 3 is 2.82 bits per heavy atom. The summed E-state index contributed by atoms with van der Waals surface area (Å²) >= 11 is 0. The van der Waals surface area contributed by atoms with Crippen LogP contribution in [-0.4, -0.2) is 32.3 Å². The molecule has 0 bridgehead atoms. The highest BCUT2D eigenvalue weighted by atomic mass is 32.2. The van der Waals surface area contributed by atoms with Crippen LogP contribution < -0.4 is 4.72 Å². The third-order valence-electron chi connectivity index (χ3n) is 2.66. The molecule has 0 aliphatic carbocycles. The molecule has 2 rings (SSSR count). The highest BCUT2D eigenvalue weighted by Crippen LogP contribution is 2.22. The molecule has 1 unspecified atom stereocenters. The predicted octanol–water partition coefficient (Wildman–Crippen LogP) is 0.229. The van der Waals surface area contributed by atoms with E-state index in [-0.39, 0.29) is 17.5 Å². The van der Waals surface area contributed by atoms with Gasteiger partial charge < -0.3 is 14.3 Å². The second-order valence-corrected chi connectivity index (χ2v) is 5.96. The molecule has 96 valence electrons. The lowest BCUT2D eigenvalue weighted by Gasteiger charge is -2.22. The summed E-state index contributed by atoms with van der Waals surface area (Å²) in [5.74, 6) is 0.221. The molecule has 0 saturated carbocycles. The Morgan fingerprint density at radius 2 is 2.29 bits per heavy atom. The molecule has 1 aromatic rings. The van der Waals surface area contributed by atoms with Crippen molar-refractivity contribution in [1.82, 2.24) is 4.72 Å². The predicted molar refractivity (Wildman–Crippen MR) is 58.8 cm³/mol. The van der Waals surface area contributed by atoms with E-state index >= 15 is 0 Å². The van der Waals surface area contributed by atoms with Crippen molar-refractivity contribution >= 4 is 10.0 Å². The minimum Gasteiger partial charge on any atom is -0.446 e. The summed E-state index contributed by atoms with van der Waals surface area (Å²) in [6.45, 7) is 2.35. The summed E-state index contributed by atoms with van der Waals surface area (Å²) in [6, 6.07) is 2.76. The number of sulfonamides is 1. The summed E-state index contributed by atoms with van der Waals surface area (Å²) in [5.41, 5.74) is -0.592. The van der Waals surface area contributed by atoms with Crippen molar-refractivity contribution in [3.63, 3.8) is 0 Å². The van der Waals surface area contributed by atoms with Crippen LogP contribution in [-0.2, 0) is 21.4 Å². The summed E-state index contributed by atoms with van der Waals surface area (Å²) < 4.78 is 36.7. The van der Waals surface area contributed by atoms with E-state index in [9.17, 15) is 8.42 Å². The Hall–Kier alpha value is -0.890. The van der Waals surface area contributed by atoms with Gasteiger partial charge in [-0.2, -0.15) is 0 Å². The number of furan rings is 1. The van der Waals surface area contributed by atoms with Crippen molar-refractivity contribution in [1.29, 1.82) is 0 Å². The number of rotatable bonds is 4. The van der Waals surface area contributed by atoms with Crippen LogP contribution in [0.5, 0.6) is 0 Å². The minimum atomic E-state index is -3.70. The second kappa shape index (κ2) is 4.41. The zero-order valence-electron chi connectivity index (χ0n) is 9.47. The smallest absolute Gasteiger partial charge is 0.274 e. The summed E-state index contributed by atoms with van der Waals surface area (Å²) in [4.78, 5) is 0. The van der Waals surface area contributed by atoms with Crippen molar-refractivity contribution in [3.05, 3.63) is 17.9 Å². The molecular formula is C10H15NO5S. The van der Waals surface area contributed by atoms with E-state index in [1.807, 2.05) is 0 Å². The van der Waals surface area contributed by atoms with Gasteiger partial charge in [0.05, 0.1) is 12.1 Å². The van der Waals surface area contributed by atoms with Gasteiger partial charge in [0.1, 0.15) is 12.4 Å². The van der Waals surface area contributed by atoms with Gasteiger partial charge >= 0.3 is 0 Å². The Balaban J connectivity index is 2.18. The molecule has 17 heavy (non-hydrogen) atoms. The highest BCUT2D eigenvalue weighted by molar-refractivity contribution is 7.89. The Morgan fingerprint density at radius 1 is 1.53 bits per heavy atom. The van der Waals surface area contributed by atoms with Crippen molar-refractivity contribution in [3.8, 4) is 0 Å². The van der Waals surface area contributed by atoms with Crippen molar-refractivity contribution in [2.75, 3.05) is 13.2 Å². The minimum absolute atomic E-state index is 0.185.